The van der Waals surface area contributed by atoms with E-state index in [1.807, 2.05) is 0 Å². The summed E-state index contributed by atoms with van der Waals surface area (Å²) in [4.78, 5) is 2.43. The maximum atomic E-state index is 9.92. The van der Waals surface area contributed by atoms with Gasteiger partial charge in [0.1, 0.15) is 0 Å². The van der Waals surface area contributed by atoms with Gasteiger partial charge in [-0.2, -0.15) is 0 Å². The number of nitrogens with zero attached hydrogens (tertiary/aromatic N) is 1. The number of hydrogen-bond donors (Lipinski definition) is 1. The second kappa shape index (κ2) is 2.71. The van der Waals surface area contributed by atoms with Gasteiger partial charge in [-0.15, -0.1) is 0 Å². The Balaban J connectivity index is 1.93. The van der Waals surface area contributed by atoms with E-state index < -0.39 is 0 Å². The summed E-state index contributed by atoms with van der Waals surface area (Å²) in [5.74, 6) is 0.637. The Morgan fingerprint density at radius 3 is 3.00 bits per heavy atom. The van der Waals surface area contributed by atoms with Crippen LogP contribution in [0.1, 0.15) is 33.1 Å². The first-order chi connectivity index (χ1) is 5.65. The number of hydrogen-bond acceptors (Lipinski definition) is 2. The molecule has 70 valence electrons. The normalized spacial score (nSPS) is 43.8. The summed E-state index contributed by atoms with van der Waals surface area (Å²) in [6, 6.07) is 0.649. The van der Waals surface area contributed by atoms with E-state index in [9.17, 15) is 5.11 Å². The molecule has 1 saturated heterocycles. The van der Waals surface area contributed by atoms with Crippen molar-refractivity contribution in [2.24, 2.45) is 5.92 Å². The van der Waals surface area contributed by atoms with Gasteiger partial charge in [0.15, 0.2) is 0 Å². The molecule has 2 rings (SSSR count). The Labute approximate surface area is 74.6 Å². The second-order valence-corrected chi connectivity index (χ2v) is 4.52. The molecule has 0 amide bonds. The Kier molecular flexibility index (Phi) is 1.92. The molecular formula is C10H19NO. The molecule has 1 heterocycles. The van der Waals surface area contributed by atoms with E-state index >= 15 is 0 Å². The van der Waals surface area contributed by atoms with Gasteiger partial charge in [-0.3, -0.25) is 4.90 Å². The fraction of sp³-hybridized carbons (Fsp3) is 1.00. The van der Waals surface area contributed by atoms with Crippen LogP contribution in [0.5, 0.6) is 0 Å². The first-order valence-corrected chi connectivity index (χ1v) is 5.12. The van der Waals surface area contributed by atoms with Crippen LogP contribution in [0.3, 0.4) is 0 Å². The lowest BCUT2D eigenvalue weighted by atomic mass is 10.1. The van der Waals surface area contributed by atoms with Crippen LogP contribution in [-0.2, 0) is 0 Å². The third-order valence-corrected chi connectivity index (χ3v) is 3.66. The number of fused-ring (bicyclic) bond motifs is 1. The summed E-state index contributed by atoms with van der Waals surface area (Å²) in [5, 5.41) is 9.92. The van der Waals surface area contributed by atoms with Gasteiger partial charge in [-0.1, -0.05) is 6.92 Å². The molecule has 0 aromatic heterocycles. The smallest absolute Gasteiger partial charge is 0.0807 e. The second-order valence-electron chi connectivity index (χ2n) is 4.52. The molecule has 0 bridgehead atoms. The average molecular weight is 169 g/mol. The third kappa shape index (κ3) is 1.27. The predicted molar refractivity (Wildman–Crippen MR) is 49.0 cm³/mol. The first-order valence-electron chi connectivity index (χ1n) is 5.12. The summed E-state index contributed by atoms with van der Waals surface area (Å²) in [6.07, 6.45) is 3.46. The van der Waals surface area contributed by atoms with Crippen molar-refractivity contribution >= 4 is 0 Å². The molecule has 0 aromatic carbocycles. The molecule has 2 aliphatic rings. The lowest BCUT2D eigenvalue weighted by molar-refractivity contribution is 0.0320. The fourth-order valence-corrected chi connectivity index (χ4v) is 2.32. The van der Waals surface area contributed by atoms with Crippen molar-refractivity contribution in [3.8, 4) is 0 Å². The molecule has 1 N–H and O–H groups in total. The lowest BCUT2D eigenvalue weighted by Gasteiger charge is -2.34. The summed E-state index contributed by atoms with van der Waals surface area (Å²) in [6.45, 7) is 6.59. The van der Waals surface area contributed by atoms with Gasteiger partial charge >= 0.3 is 0 Å². The summed E-state index contributed by atoms with van der Waals surface area (Å²) in [7, 11) is 0. The van der Waals surface area contributed by atoms with Gasteiger partial charge in [0.05, 0.1) is 5.60 Å². The van der Waals surface area contributed by atoms with Gasteiger partial charge in [-0.25, -0.2) is 0 Å². The Morgan fingerprint density at radius 2 is 2.42 bits per heavy atom. The molecule has 1 saturated carbocycles. The van der Waals surface area contributed by atoms with Crippen LogP contribution in [0.4, 0.5) is 0 Å². The van der Waals surface area contributed by atoms with E-state index in [2.05, 4.69) is 18.7 Å². The van der Waals surface area contributed by atoms with Crippen molar-refractivity contribution in [2.75, 3.05) is 13.1 Å². The minimum absolute atomic E-state index is 0.276. The van der Waals surface area contributed by atoms with Crippen molar-refractivity contribution in [1.29, 1.82) is 0 Å². The summed E-state index contributed by atoms with van der Waals surface area (Å²) >= 11 is 0. The van der Waals surface area contributed by atoms with Gasteiger partial charge < -0.3 is 5.11 Å². The maximum Gasteiger partial charge on any atom is 0.0807 e. The van der Waals surface area contributed by atoms with Gasteiger partial charge in [-0.05, 0) is 38.6 Å². The van der Waals surface area contributed by atoms with E-state index in [0.29, 0.717) is 12.0 Å². The highest BCUT2D eigenvalue weighted by molar-refractivity contribution is 5.08. The minimum Gasteiger partial charge on any atom is -0.388 e. The SMILES string of the molecule is CCC(C)N1CC[C@@H]2C[C@]2(O)C1. The minimum atomic E-state index is -0.276. The van der Waals surface area contributed by atoms with Gasteiger partial charge in [0.2, 0.25) is 0 Å². The molecule has 2 nitrogen and oxygen atoms in total. The van der Waals surface area contributed by atoms with Crippen LogP contribution in [0.2, 0.25) is 0 Å². The van der Waals surface area contributed by atoms with E-state index in [1.165, 1.54) is 19.4 Å². The molecular weight excluding hydrogens is 150 g/mol. The van der Waals surface area contributed by atoms with E-state index in [4.69, 9.17) is 0 Å². The molecule has 2 heteroatoms. The van der Waals surface area contributed by atoms with Crippen molar-refractivity contribution in [3.05, 3.63) is 0 Å². The van der Waals surface area contributed by atoms with Crippen LogP contribution in [-0.4, -0.2) is 34.7 Å². The van der Waals surface area contributed by atoms with Crippen molar-refractivity contribution in [1.82, 2.24) is 4.90 Å². The van der Waals surface area contributed by atoms with Gasteiger partial charge in [0.25, 0.3) is 0 Å². The maximum absolute atomic E-state index is 9.92. The highest BCUT2D eigenvalue weighted by Gasteiger charge is 2.55. The van der Waals surface area contributed by atoms with E-state index in [1.54, 1.807) is 0 Å². The topological polar surface area (TPSA) is 23.5 Å². The van der Waals surface area contributed by atoms with E-state index in [-0.39, 0.29) is 5.60 Å². The number of piperidine rings is 1. The Bertz CT molecular complexity index is 183. The van der Waals surface area contributed by atoms with Crippen LogP contribution >= 0.6 is 0 Å². The van der Waals surface area contributed by atoms with Crippen LogP contribution < -0.4 is 0 Å². The average Bonchev–Trinajstić information content (AvgIpc) is 2.73. The van der Waals surface area contributed by atoms with Crippen LogP contribution in [0, 0.1) is 5.92 Å². The first kappa shape index (κ1) is 8.52. The zero-order valence-corrected chi connectivity index (χ0v) is 8.08. The highest BCUT2D eigenvalue weighted by Crippen LogP contribution is 2.49. The molecule has 12 heavy (non-hydrogen) atoms. The molecule has 0 aromatic rings. The standard InChI is InChI=1S/C10H19NO/c1-3-8(2)11-5-4-9-6-10(9,12)7-11/h8-9,12H,3-7H2,1-2H3/t8?,9-,10+/m1/s1. The predicted octanol–water partition coefficient (Wildman–Crippen LogP) is 1.24. The molecule has 1 unspecified atom stereocenters. The number of rotatable bonds is 2. The monoisotopic (exact) mass is 169 g/mol. The molecule has 1 aliphatic heterocycles. The molecule has 3 atom stereocenters. The highest BCUT2D eigenvalue weighted by atomic mass is 16.3. The van der Waals surface area contributed by atoms with E-state index in [0.717, 1.165) is 13.0 Å². The molecule has 0 spiro atoms. The van der Waals surface area contributed by atoms with Gasteiger partial charge in [0, 0.05) is 12.6 Å². The summed E-state index contributed by atoms with van der Waals surface area (Å²) < 4.78 is 0. The molecule has 1 aliphatic carbocycles. The third-order valence-electron chi connectivity index (χ3n) is 3.66. The molecule has 0 radical (unpaired) electrons. The van der Waals surface area contributed by atoms with Crippen molar-refractivity contribution in [3.63, 3.8) is 0 Å². The number of aliphatic hydroxyl groups is 1. The Morgan fingerprint density at radius 1 is 1.67 bits per heavy atom. The molecule has 2 fully saturated rings. The van der Waals surface area contributed by atoms with Crippen LogP contribution in [0.15, 0.2) is 0 Å². The van der Waals surface area contributed by atoms with Crippen molar-refractivity contribution < 1.29 is 5.11 Å². The van der Waals surface area contributed by atoms with Crippen molar-refractivity contribution in [2.45, 2.75) is 44.8 Å². The quantitative estimate of drug-likeness (QED) is 0.672. The zero-order chi connectivity index (χ0) is 8.77. The number of β-amino-alcohol motifs (C(OH)–C–C–N with tert-alkyl or cyclic N) is 1. The largest absolute Gasteiger partial charge is 0.388 e. The lowest BCUT2D eigenvalue weighted by Crippen LogP contribution is -2.44. The summed E-state index contributed by atoms with van der Waals surface area (Å²) in [5.41, 5.74) is -0.276. The Hall–Kier alpha value is -0.0800. The van der Waals surface area contributed by atoms with Crippen LogP contribution in [0.25, 0.3) is 0 Å². The number of likely N-dealkylation sites (tertiary alicyclic amines) is 1. The zero-order valence-electron chi connectivity index (χ0n) is 8.08. The fourth-order valence-electron chi connectivity index (χ4n) is 2.32.